The number of allylic oxidation sites excluding steroid dienone is 2. The van der Waals surface area contributed by atoms with E-state index in [0.717, 1.165) is 45.4 Å². The van der Waals surface area contributed by atoms with Crippen molar-refractivity contribution in [1.29, 1.82) is 0 Å². The topological polar surface area (TPSA) is 40.6 Å². The van der Waals surface area contributed by atoms with Crippen LogP contribution < -0.4 is 0 Å². The monoisotopic (exact) mass is 414 g/mol. The third-order valence-corrected chi connectivity index (χ3v) is 9.67. The van der Waals surface area contributed by atoms with Crippen LogP contribution in [0.25, 0.3) is 0 Å². The molecule has 0 aromatic rings. The molecule has 0 radical (unpaired) electrons. The zero-order chi connectivity index (χ0) is 21.7. The van der Waals surface area contributed by atoms with Gasteiger partial charge in [-0.2, -0.15) is 0 Å². The molecule has 1 saturated heterocycles. The summed E-state index contributed by atoms with van der Waals surface area (Å²) in [7, 11) is 0. The Morgan fingerprint density at radius 2 is 1.83 bits per heavy atom. The maximum absolute atomic E-state index is 13.4. The fourth-order valence-electron chi connectivity index (χ4n) is 8.06. The Morgan fingerprint density at radius 3 is 2.50 bits per heavy atom. The summed E-state index contributed by atoms with van der Waals surface area (Å²) in [4.78, 5) is 30.3. The van der Waals surface area contributed by atoms with Gasteiger partial charge in [-0.3, -0.25) is 9.59 Å². The SMILES string of the molecule is CCCN1CC2C(CC[C@@]3(C)C2CC[C@@H]3C(=O)N(CC)CC)[C@@]2(C)CCC(=O)C=C12. The van der Waals surface area contributed by atoms with Crippen LogP contribution in [0.3, 0.4) is 0 Å². The van der Waals surface area contributed by atoms with Crippen LogP contribution in [0.2, 0.25) is 0 Å². The predicted molar refractivity (Wildman–Crippen MR) is 121 cm³/mol. The number of ketones is 1. The van der Waals surface area contributed by atoms with E-state index in [0.29, 0.717) is 35.9 Å². The van der Waals surface area contributed by atoms with Gasteiger partial charge in [-0.15, -0.1) is 0 Å². The molecule has 3 aliphatic carbocycles. The summed E-state index contributed by atoms with van der Waals surface area (Å²) in [5.41, 5.74) is 1.61. The minimum Gasteiger partial charge on any atom is -0.374 e. The van der Waals surface area contributed by atoms with Gasteiger partial charge in [0.1, 0.15) is 0 Å². The predicted octanol–water partition coefficient (Wildman–Crippen LogP) is 4.89. The van der Waals surface area contributed by atoms with Crippen molar-refractivity contribution in [2.24, 2.45) is 34.5 Å². The van der Waals surface area contributed by atoms with Crippen molar-refractivity contribution in [3.63, 3.8) is 0 Å². The van der Waals surface area contributed by atoms with Crippen molar-refractivity contribution < 1.29 is 9.59 Å². The molecule has 0 N–H and O–H groups in total. The molecule has 3 fully saturated rings. The fourth-order valence-corrected chi connectivity index (χ4v) is 8.06. The molecule has 4 rings (SSSR count). The summed E-state index contributed by atoms with van der Waals surface area (Å²) in [6.07, 6.45) is 9.45. The first-order chi connectivity index (χ1) is 14.3. The van der Waals surface area contributed by atoms with E-state index >= 15 is 0 Å². The standard InChI is InChI=1S/C26H42N2O2/c1-6-15-28-17-19-20-9-10-22(24(30)27(7-2)8-3)25(20,4)14-12-21(19)26(5)13-11-18(29)16-23(26)28/h16,19-22H,6-15,17H2,1-5H3/t19?,20?,21?,22-,25+,26-/m1/s1. The third kappa shape index (κ3) is 3.15. The van der Waals surface area contributed by atoms with E-state index in [1.54, 1.807) is 0 Å². The van der Waals surface area contributed by atoms with Gasteiger partial charge in [0.05, 0.1) is 0 Å². The van der Waals surface area contributed by atoms with E-state index in [2.05, 4.69) is 44.4 Å². The van der Waals surface area contributed by atoms with Crippen molar-refractivity contribution in [2.45, 2.75) is 79.6 Å². The van der Waals surface area contributed by atoms with Crippen LogP contribution in [-0.4, -0.2) is 47.7 Å². The number of hydrogen-bond acceptors (Lipinski definition) is 3. The molecule has 4 nitrogen and oxygen atoms in total. The second kappa shape index (κ2) is 7.98. The Kier molecular flexibility index (Phi) is 5.83. The number of amides is 1. The molecule has 0 aromatic carbocycles. The molecule has 3 unspecified atom stereocenters. The quantitative estimate of drug-likeness (QED) is 0.643. The summed E-state index contributed by atoms with van der Waals surface area (Å²) in [5, 5.41) is 0. The molecule has 0 aromatic heterocycles. The van der Waals surface area contributed by atoms with Gasteiger partial charge in [-0.25, -0.2) is 0 Å². The van der Waals surface area contributed by atoms with Gasteiger partial charge in [-0.05, 0) is 75.5 Å². The molecule has 0 bridgehead atoms. The number of nitrogens with zero attached hydrogens (tertiary/aromatic N) is 2. The Labute approximate surface area is 183 Å². The van der Waals surface area contributed by atoms with E-state index in [1.807, 2.05) is 6.08 Å². The molecule has 168 valence electrons. The normalized spacial score (nSPS) is 40.4. The lowest BCUT2D eigenvalue weighted by Gasteiger charge is -2.61. The molecule has 30 heavy (non-hydrogen) atoms. The lowest BCUT2D eigenvalue weighted by molar-refractivity contribution is -0.143. The van der Waals surface area contributed by atoms with E-state index in [9.17, 15) is 9.59 Å². The first-order valence-corrected chi connectivity index (χ1v) is 12.6. The van der Waals surface area contributed by atoms with Gasteiger partial charge in [0.15, 0.2) is 5.78 Å². The summed E-state index contributed by atoms with van der Waals surface area (Å²) < 4.78 is 0. The van der Waals surface area contributed by atoms with E-state index < -0.39 is 0 Å². The highest BCUT2D eigenvalue weighted by Crippen LogP contribution is 2.65. The van der Waals surface area contributed by atoms with Gasteiger partial charge in [0.25, 0.3) is 0 Å². The molecule has 4 heteroatoms. The van der Waals surface area contributed by atoms with Crippen LogP contribution in [0.15, 0.2) is 11.8 Å². The average molecular weight is 415 g/mol. The zero-order valence-electron chi connectivity index (χ0n) is 19.9. The lowest BCUT2D eigenvalue weighted by Crippen LogP contribution is -2.58. The first-order valence-electron chi connectivity index (χ1n) is 12.6. The number of carbonyl (C=O) groups is 2. The lowest BCUT2D eigenvalue weighted by atomic mass is 9.49. The molecule has 2 saturated carbocycles. The van der Waals surface area contributed by atoms with E-state index in [-0.39, 0.29) is 16.7 Å². The van der Waals surface area contributed by atoms with Gasteiger partial charge >= 0.3 is 0 Å². The van der Waals surface area contributed by atoms with Crippen LogP contribution in [0, 0.1) is 34.5 Å². The van der Waals surface area contributed by atoms with Crippen LogP contribution in [0.4, 0.5) is 0 Å². The van der Waals surface area contributed by atoms with Gasteiger partial charge in [0, 0.05) is 55.7 Å². The van der Waals surface area contributed by atoms with Crippen LogP contribution in [0.1, 0.15) is 79.6 Å². The maximum atomic E-state index is 13.4. The highest BCUT2D eigenvalue weighted by molar-refractivity contribution is 5.91. The van der Waals surface area contributed by atoms with Crippen molar-refractivity contribution >= 4 is 11.7 Å². The highest BCUT2D eigenvalue weighted by atomic mass is 16.2. The number of piperidine rings is 1. The number of fused-ring (bicyclic) bond motifs is 5. The molecule has 1 heterocycles. The molecule has 1 aliphatic heterocycles. The second-order valence-corrected chi connectivity index (χ2v) is 10.9. The van der Waals surface area contributed by atoms with Gasteiger partial charge in [-0.1, -0.05) is 20.8 Å². The number of likely N-dealkylation sites (tertiary alicyclic amines) is 1. The fraction of sp³-hybridized carbons (Fsp3) is 0.846. The highest BCUT2D eigenvalue weighted by Gasteiger charge is 2.61. The first kappa shape index (κ1) is 21.9. The Morgan fingerprint density at radius 1 is 1.10 bits per heavy atom. The average Bonchev–Trinajstić information content (AvgIpc) is 3.07. The van der Waals surface area contributed by atoms with Crippen LogP contribution in [0.5, 0.6) is 0 Å². The largest absolute Gasteiger partial charge is 0.374 e. The summed E-state index contributed by atoms with van der Waals surface area (Å²) in [6.45, 7) is 15.1. The molecule has 1 amide bonds. The number of hydrogen-bond donors (Lipinski definition) is 0. The summed E-state index contributed by atoms with van der Waals surface area (Å²) in [5.74, 6) is 2.86. The van der Waals surface area contributed by atoms with Gasteiger partial charge < -0.3 is 9.80 Å². The Bertz CT molecular complexity index is 727. The summed E-state index contributed by atoms with van der Waals surface area (Å²) >= 11 is 0. The zero-order valence-corrected chi connectivity index (χ0v) is 19.9. The minimum absolute atomic E-state index is 0.133. The molecular weight excluding hydrogens is 372 g/mol. The third-order valence-electron chi connectivity index (χ3n) is 9.67. The number of rotatable bonds is 5. The minimum atomic E-state index is 0.133. The molecule has 4 aliphatic rings. The Hall–Kier alpha value is -1.32. The second-order valence-electron chi connectivity index (χ2n) is 10.9. The Balaban J connectivity index is 1.66. The molecular formula is C26H42N2O2. The van der Waals surface area contributed by atoms with E-state index in [1.165, 1.54) is 25.0 Å². The molecule has 0 spiro atoms. The maximum Gasteiger partial charge on any atom is 0.226 e. The smallest absolute Gasteiger partial charge is 0.226 e. The van der Waals surface area contributed by atoms with Crippen molar-refractivity contribution in [3.05, 3.63) is 11.8 Å². The van der Waals surface area contributed by atoms with Crippen molar-refractivity contribution in [3.8, 4) is 0 Å². The van der Waals surface area contributed by atoms with Crippen LogP contribution >= 0.6 is 0 Å². The van der Waals surface area contributed by atoms with Crippen molar-refractivity contribution in [2.75, 3.05) is 26.2 Å². The van der Waals surface area contributed by atoms with Crippen LogP contribution in [-0.2, 0) is 9.59 Å². The summed E-state index contributed by atoms with van der Waals surface area (Å²) in [6, 6.07) is 0. The molecule has 6 atom stereocenters. The number of carbonyl (C=O) groups excluding carboxylic acids is 2. The van der Waals surface area contributed by atoms with Gasteiger partial charge in [0.2, 0.25) is 5.91 Å². The van der Waals surface area contributed by atoms with E-state index in [4.69, 9.17) is 0 Å². The van der Waals surface area contributed by atoms with Crippen molar-refractivity contribution in [1.82, 2.24) is 9.80 Å².